The third kappa shape index (κ3) is 3.09. The fourth-order valence-electron chi connectivity index (χ4n) is 1.97. The van der Waals surface area contributed by atoms with Gasteiger partial charge >= 0.3 is 0 Å². The van der Waals surface area contributed by atoms with E-state index >= 15 is 0 Å². The predicted molar refractivity (Wildman–Crippen MR) is 76.1 cm³/mol. The molecule has 0 spiro atoms. The molecule has 0 fully saturated rings. The maximum absolute atomic E-state index is 5.75. The number of nitrogens with two attached hydrogens (primary N) is 1. The average molecular weight is 257 g/mol. The fraction of sp³-hybridized carbons (Fsp3) is 0.333. The Morgan fingerprint density at radius 1 is 1.32 bits per heavy atom. The zero-order chi connectivity index (χ0) is 13.7. The quantitative estimate of drug-likeness (QED) is 0.894. The Bertz CT molecular complexity index is 538. The topological polar surface area (TPSA) is 61.0 Å². The molecule has 4 nitrogen and oxygen atoms in total. The molecule has 0 bridgehead atoms. The van der Waals surface area contributed by atoms with Gasteiger partial charge in [0.15, 0.2) is 0 Å². The van der Waals surface area contributed by atoms with Gasteiger partial charge < -0.3 is 10.5 Å². The molecule has 19 heavy (non-hydrogen) atoms. The lowest BCUT2D eigenvalue weighted by atomic mass is 10.1. The molecule has 1 heterocycles. The van der Waals surface area contributed by atoms with Crippen molar-refractivity contribution in [3.63, 3.8) is 0 Å². The first kappa shape index (κ1) is 13.5. The minimum atomic E-state index is 0.213. The summed E-state index contributed by atoms with van der Waals surface area (Å²) >= 11 is 0. The summed E-state index contributed by atoms with van der Waals surface area (Å²) in [6, 6.07) is 9.76. The molecular formula is C15H19N3O. The standard InChI is InChI=1S/C15H19N3O/c1-3-11(10-16)15-17-8-7-14(18-15)12-5-4-6-13(9-12)19-2/h4-9,11H,3,10,16H2,1-2H3. The monoisotopic (exact) mass is 257 g/mol. The van der Waals surface area contributed by atoms with E-state index in [1.165, 1.54) is 0 Å². The molecule has 1 unspecified atom stereocenters. The number of hydrogen-bond donors (Lipinski definition) is 1. The van der Waals surface area contributed by atoms with E-state index in [9.17, 15) is 0 Å². The van der Waals surface area contributed by atoms with Crippen LogP contribution in [-0.2, 0) is 0 Å². The summed E-state index contributed by atoms with van der Waals surface area (Å²) < 4.78 is 5.23. The lowest BCUT2D eigenvalue weighted by molar-refractivity contribution is 0.415. The first-order chi connectivity index (χ1) is 9.28. The van der Waals surface area contributed by atoms with E-state index in [1.807, 2.05) is 30.3 Å². The highest BCUT2D eigenvalue weighted by molar-refractivity contribution is 5.60. The zero-order valence-electron chi connectivity index (χ0n) is 11.3. The maximum atomic E-state index is 5.75. The summed E-state index contributed by atoms with van der Waals surface area (Å²) in [6.07, 6.45) is 2.73. The summed E-state index contributed by atoms with van der Waals surface area (Å²) in [4.78, 5) is 8.94. The van der Waals surface area contributed by atoms with Crippen LogP contribution in [0.1, 0.15) is 25.1 Å². The molecule has 2 N–H and O–H groups in total. The van der Waals surface area contributed by atoms with E-state index in [-0.39, 0.29) is 5.92 Å². The fourth-order valence-corrected chi connectivity index (χ4v) is 1.97. The third-order valence-corrected chi connectivity index (χ3v) is 3.18. The van der Waals surface area contributed by atoms with Crippen LogP contribution in [0.5, 0.6) is 5.75 Å². The number of aromatic nitrogens is 2. The summed E-state index contributed by atoms with van der Waals surface area (Å²) in [5.41, 5.74) is 7.67. The van der Waals surface area contributed by atoms with Gasteiger partial charge in [0, 0.05) is 24.2 Å². The smallest absolute Gasteiger partial charge is 0.133 e. The van der Waals surface area contributed by atoms with Crippen molar-refractivity contribution in [2.45, 2.75) is 19.3 Å². The molecule has 0 saturated heterocycles. The third-order valence-electron chi connectivity index (χ3n) is 3.18. The van der Waals surface area contributed by atoms with Gasteiger partial charge in [-0.05, 0) is 24.6 Å². The number of ether oxygens (including phenoxy) is 1. The molecule has 4 heteroatoms. The Labute approximate surface area is 113 Å². The van der Waals surface area contributed by atoms with Crippen LogP contribution in [0.25, 0.3) is 11.3 Å². The zero-order valence-corrected chi connectivity index (χ0v) is 11.3. The van der Waals surface area contributed by atoms with Crippen molar-refractivity contribution in [2.24, 2.45) is 5.73 Å². The van der Waals surface area contributed by atoms with Gasteiger partial charge in [0.25, 0.3) is 0 Å². The van der Waals surface area contributed by atoms with E-state index in [0.717, 1.165) is 29.3 Å². The van der Waals surface area contributed by atoms with Crippen molar-refractivity contribution in [3.8, 4) is 17.0 Å². The van der Waals surface area contributed by atoms with E-state index in [0.29, 0.717) is 6.54 Å². The van der Waals surface area contributed by atoms with Crippen LogP contribution in [-0.4, -0.2) is 23.6 Å². The summed E-state index contributed by atoms with van der Waals surface area (Å²) in [7, 11) is 1.66. The Hall–Kier alpha value is -1.94. The van der Waals surface area contributed by atoms with Crippen LogP contribution in [0.2, 0.25) is 0 Å². The molecule has 0 saturated carbocycles. The SMILES string of the molecule is CCC(CN)c1nccc(-c2cccc(OC)c2)n1. The Morgan fingerprint density at radius 2 is 2.16 bits per heavy atom. The molecule has 100 valence electrons. The van der Waals surface area contributed by atoms with Gasteiger partial charge in [-0.25, -0.2) is 9.97 Å². The summed E-state index contributed by atoms with van der Waals surface area (Å²) in [5, 5.41) is 0. The molecule has 0 aliphatic rings. The van der Waals surface area contributed by atoms with E-state index < -0.39 is 0 Å². The van der Waals surface area contributed by atoms with Crippen molar-refractivity contribution in [2.75, 3.05) is 13.7 Å². The lowest BCUT2D eigenvalue weighted by Crippen LogP contribution is -2.14. The minimum absolute atomic E-state index is 0.213. The molecule has 2 rings (SSSR count). The van der Waals surface area contributed by atoms with Gasteiger partial charge in [-0.1, -0.05) is 19.1 Å². The van der Waals surface area contributed by atoms with E-state index in [1.54, 1.807) is 13.3 Å². The van der Waals surface area contributed by atoms with Gasteiger partial charge in [0.2, 0.25) is 0 Å². The normalized spacial score (nSPS) is 12.2. The maximum Gasteiger partial charge on any atom is 0.133 e. The van der Waals surface area contributed by atoms with Crippen molar-refractivity contribution in [1.82, 2.24) is 9.97 Å². The molecule has 0 radical (unpaired) electrons. The van der Waals surface area contributed by atoms with E-state index in [4.69, 9.17) is 10.5 Å². The number of methoxy groups -OCH3 is 1. The summed E-state index contributed by atoms with van der Waals surface area (Å²) in [5.74, 6) is 1.85. The van der Waals surface area contributed by atoms with Crippen LogP contribution in [0.4, 0.5) is 0 Å². The highest BCUT2D eigenvalue weighted by atomic mass is 16.5. The molecular weight excluding hydrogens is 238 g/mol. The first-order valence-corrected chi connectivity index (χ1v) is 6.46. The molecule has 0 aliphatic carbocycles. The Morgan fingerprint density at radius 3 is 2.84 bits per heavy atom. The number of hydrogen-bond acceptors (Lipinski definition) is 4. The number of rotatable bonds is 5. The highest BCUT2D eigenvalue weighted by Crippen LogP contribution is 2.23. The molecule has 2 aromatic rings. The van der Waals surface area contributed by atoms with E-state index in [2.05, 4.69) is 16.9 Å². The van der Waals surface area contributed by atoms with Crippen LogP contribution in [0, 0.1) is 0 Å². The van der Waals surface area contributed by atoms with Crippen molar-refractivity contribution < 1.29 is 4.74 Å². The van der Waals surface area contributed by atoms with Crippen LogP contribution in [0.3, 0.4) is 0 Å². The van der Waals surface area contributed by atoms with Gasteiger partial charge in [0.1, 0.15) is 11.6 Å². The minimum Gasteiger partial charge on any atom is -0.497 e. The second-order valence-corrected chi connectivity index (χ2v) is 4.37. The Kier molecular flexibility index (Phi) is 4.47. The van der Waals surface area contributed by atoms with Gasteiger partial charge in [0.05, 0.1) is 12.8 Å². The van der Waals surface area contributed by atoms with Gasteiger partial charge in [-0.15, -0.1) is 0 Å². The van der Waals surface area contributed by atoms with Crippen LogP contribution < -0.4 is 10.5 Å². The largest absolute Gasteiger partial charge is 0.497 e. The molecule has 1 atom stereocenters. The first-order valence-electron chi connectivity index (χ1n) is 6.46. The second-order valence-electron chi connectivity index (χ2n) is 4.37. The highest BCUT2D eigenvalue weighted by Gasteiger charge is 2.11. The molecule has 1 aromatic heterocycles. The van der Waals surface area contributed by atoms with Crippen molar-refractivity contribution in [1.29, 1.82) is 0 Å². The summed E-state index contributed by atoms with van der Waals surface area (Å²) in [6.45, 7) is 2.66. The molecule has 1 aromatic carbocycles. The molecule has 0 aliphatic heterocycles. The van der Waals surface area contributed by atoms with Crippen molar-refractivity contribution >= 4 is 0 Å². The van der Waals surface area contributed by atoms with Crippen molar-refractivity contribution in [3.05, 3.63) is 42.4 Å². The second kappa shape index (κ2) is 6.29. The average Bonchev–Trinajstić information content (AvgIpc) is 2.49. The number of nitrogens with zero attached hydrogens (tertiary/aromatic N) is 2. The lowest BCUT2D eigenvalue weighted by Gasteiger charge is -2.11. The predicted octanol–water partition coefficient (Wildman–Crippen LogP) is 2.60. The van der Waals surface area contributed by atoms with Crippen LogP contribution >= 0.6 is 0 Å². The Balaban J connectivity index is 2.37. The number of benzene rings is 1. The van der Waals surface area contributed by atoms with Crippen LogP contribution in [0.15, 0.2) is 36.5 Å². The molecule has 0 amide bonds. The van der Waals surface area contributed by atoms with Gasteiger partial charge in [-0.2, -0.15) is 0 Å². The van der Waals surface area contributed by atoms with Gasteiger partial charge in [-0.3, -0.25) is 0 Å².